The van der Waals surface area contributed by atoms with Crippen LogP contribution in [0.4, 0.5) is 0 Å². The number of amides is 1. The predicted octanol–water partition coefficient (Wildman–Crippen LogP) is 3.59. The highest BCUT2D eigenvalue weighted by molar-refractivity contribution is 5.85. The number of rotatable bonds is 8. The van der Waals surface area contributed by atoms with Gasteiger partial charge in [-0.3, -0.25) is 4.79 Å². The summed E-state index contributed by atoms with van der Waals surface area (Å²) in [6, 6.07) is 11.1. The maximum atomic E-state index is 12.2. The summed E-state index contributed by atoms with van der Waals surface area (Å²) in [4.78, 5) is 16.4. The number of nitrogens with one attached hydrogen (secondary N) is 2. The van der Waals surface area contributed by atoms with E-state index in [1.807, 2.05) is 50.2 Å². The van der Waals surface area contributed by atoms with Crippen LogP contribution in [-0.4, -0.2) is 30.6 Å². The third kappa shape index (κ3) is 6.55. The lowest BCUT2D eigenvalue weighted by atomic mass is 9.88. The van der Waals surface area contributed by atoms with Crippen molar-refractivity contribution in [2.75, 3.05) is 19.7 Å². The number of nitrogens with zero attached hydrogens (tertiary/aromatic N) is 1. The fourth-order valence-electron chi connectivity index (χ4n) is 2.74. The van der Waals surface area contributed by atoms with Crippen molar-refractivity contribution in [1.82, 2.24) is 15.6 Å². The lowest BCUT2D eigenvalue weighted by Crippen LogP contribution is -2.49. The number of aromatic nitrogens is 1. The van der Waals surface area contributed by atoms with Crippen LogP contribution in [0.15, 0.2) is 42.6 Å². The average Bonchev–Trinajstić information content (AvgIpc) is 2.60. The highest BCUT2D eigenvalue weighted by Gasteiger charge is 2.28. The number of hydrogen-bond acceptors (Lipinski definition) is 5. The zero-order valence-corrected chi connectivity index (χ0v) is 17.6. The molecule has 1 aliphatic rings. The number of hydrogen-bond donors (Lipinski definition) is 2. The highest BCUT2D eigenvalue weighted by atomic mass is 35.5. The maximum Gasteiger partial charge on any atom is 0.223 e. The van der Waals surface area contributed by atoms with Crippen LogP contribution in [-0.2, 0) is 11.3 Å². The third-order valence-electron chi connectivity index (χ3n) is 4.56. The number of pyridine rings is 1. The Labute approximate surface area is 178 Å². The summed E-state index contributed by atoms with van der Waals surface area (Å²) in [7, 11) is 0. The second-order valence-electron chi connectivity index (χ2n) is 6.43. The molecule has 1 unspecified atom stereocenters. The largest absolute Gasteiger partial charge is 0.494 e. The molecule has 1 amide bonds. The molecule has 0 bridgehead atoms. The fraction of sp³-hybridized carbons (Fsp3) is 0.400. The molecule has 6 nitrogen and oxygen atoms in total. The molecule has 1 fully saturated rings. The van der Waals surface area contributed by atoms with Crippen LogP contribution < -0.4 is 20.1 Å². The number of carbonyl (C=O) groups is 1. The second kappa shape index (κ2) is 11.7. The first kappa shape index (κ1) is 24.0. The van der Waals surface area contributed by atoms with Gasteiger partial charge in [0, 0.05) is 24.7 Å². The first-order valence-electron chi connectivity index (χ1n) is 8.99. The van der Waals surface area contributed by atoms with Crippen molar-refractivity contribution < 1.29 is 14.3 Å². The molecule has 2 N–H and O–H groups in total. The third-order valence-corrected chi connectivity index (χ3v) is 4.56. The van der Waals surface area contributed by atoms with Crippen molar-refractivity contribution >= 4 is 30.7 Å². The molecule has 3 rings (SSSR count). The highest BCUT2D eigenvalue weighted by Crippen LogP contribution is 2.23. The molecule has 1 aromatic heterocycles. The van der Waals surface area contributed by atoms with Gasteiger partial charge in [-0.05, 0) is 61.8 Å². The van der Waals surface area contributed by atoms with E-state index >= 15 is 0 Å². The van der Waals surface area contributed by atoms with Gasteiger partial charge in [0.1, 0.15) is 11.5 Å². The van der Waals surface area contributed by atoms with Crippen molar-refractivity contribution in [1.29, 1.82) is 0 Å². The van der Waals surface area contributed by atoms with Gasteiger partial charge >= 0.3 is 0 Å². The zero-order valence-electron chi connectivity index (χ0n) is 16.0. The van der Waals surface area contributed by atoms with E-state index in [0.717, 1.165) is 24.4 Å². The minimum Gasteiger partial charge on any atom is -0.494 e. The first-order valence-corrected chi connectivity index (χ1v) is 8.99. The molecule has 2 heterocycles. The molecule has 1 aromatic carbocycles. The SMILES string of the molecule is CCOc1ccc(Oc2cc(CNC(=O)C(C)C3CNC3)ccn2)cc1.Cl.Cl. The van der Waals surface area contributed by atoms with Crippen LogP contribution in [0.25, 0.3) is 0 Å². The summed E-state index contributed by atoms with van der Waals surface area (Å²) in [5.41, 5.74) is 0.952. The van der Waals surface area contributed by atoms with Crippen LogP contribution >= 0.6 is 24.8 Å². The molecule has 8 heteroatoms. The normalized spacial score (nSPS) is 13.9. The lowest BCUT2D eigenvalue weighted by Gasteiger charge is -2.31. The van der Waals surface area contributed by atoms with Gasteiger partial charge in [0.2, 0.25) is 11.8 Å². The van der Waals surface area contributed by atoms with Crippen LogP contribution in [0, 0.1) is 11.8 Å². The summed E-state index contributed by atoms with van der Waals surface area (Å²) in [6.45, 7) is 6.86. The van der Waals surface area contributed by atoms with E-state index in [1.165, 1.54) is 0 Å². The van der Waals surface area contributed by atoms with Gasteiger partial charge < -0.3 is 20.1 Å². The van der Waals surface area contributed by atoms with Crippen molar-refractivity contribution in [3.05, 3.63) is 48.2 Å². The molecular formula is C20H27Cl2N3O3. The Balaban J connectivity index is 0.00000196. The van der Waals surface area contributed by atoms with E-state index in [0.29, 0.717) is 30.7 Å². The van der Waals surface area contributed by atoms with Gasteiger partial charge in [0.15, 0.2) is 0 Å². The zero-order chi connectivity index (χ0) is 18.4. The minimum atomic E-state index is 0. The van der Waals surface area contributed by atoms with Crippen molar-refractivity contribution in [3.8, 4) is 17.4 Å². The van der Waals surface area contributed by atoms with Gasteiger partial charge in [0.25, 0.3) is 0 Å². The van der Waals surface area contributed by atoms with Crippen LogP contribution in [0.5, 0.6) is 17.4 Å². The Kier molecular flexibility index (Phi) is 10.1. The monoisotopic (exact) mass is 427 g/mol. The molecule has 28 heavy (non-hydrogen) atoms. The molecule has 0 aliphatic carbocycles. The molecule has 0 radical (unpaired) electrons. The van der Waals surface area contributed by atoms with E-state index in [9.17, 15) is 4.79 Å². The molecule has 2 aromatic rings. The topological polar surface area (TPSA) is 72.5 Å². The minimum absolute atomic E-state index is 0. The summed E-state index contributed by atoms with van der Waals surface area (Å²) < 4.78 is 11.2. The molecular weight excluding hydrogens is 401 g/mol. The molecule has 1 aliphatic heterocycles. The van der Waals surface area contributed by atoms with E-state index < -0.39 is 0 Å². The summed E-state index contributed by atoms with van der Waals surface area (Å²) in [5.74, 6) is 2.54. The fourth-order valence-corrected chi connectivity index (χ4v) is 2.74. The van der Waals surface area contributed by atoms with E-state index in [1.54, 1.807) is 6.20 Å². The number of ether oxygens (including phenoxy) is 2. The summed E-state index contributed by atoms with van der Waals surface area (Å²) in [6.07, 6.45) is 1.69. The van der Waals surface area contributed by atoms with Gasteiger partial charge in [-0.15, -0.1) is 24.8 Å². The first-order chi connectivity index (χ1) is 12.7. The van der Waals surface area contributed by atoms with Gasteiger partial charge in [0.05, 0.1) is 6.61 Å². The summed E-state index contributed by atoms with van der Waals surface area (Å²) in [5, 5.41) is 6.19. The van der Waals surface area contributed by atoms with E-state index in [4.69, 9.17) is 9.47 Å². The average molecular weight is 428 g/mol. The van der Waals surface area contributed by atoms with Crippen molar-refractivity contribution in [2.24, 2.45) is 11.8 Å². The Morgan fingerprint density at radius 1 is 1.21 bits per heavy atom. The Hall–Kier alpha value is -2.02. The lowest BCUT2D eigenvalue weighted by molar-refractivity contribution is -0.126. The van der Waals surface area contributed by atoms with Gasteiger partial charge in [-0.25, -0.2) is 4.98 Å². The van der Waals surface area contributed by atoms with Crippen molar-refractivity contribution in [2.45, 2.75) is 20.4 Å². The number of carbonyl (C=O) groups excluding carboxylic acids is 1. The standard InChI is InChI=1S/C20H25N3O3.2ClH/c1-3-25-17-4-6-18(7-5-17)26-19-10-15(8-9-22-19)11-23-20(24)14(2)16-12-21-13-16;;/h4-10,14,16,21H,3,11-13H2,1-2H3,(H,23,24);2*1H. The molecule has 0 spiro atoms. The smallest absolute Gasteiger partial charge is 0.223 e. The quantitative estimate of drug-likeness (QED) is 0.673. The Morgan fingerprint density at radius 3 is 2.50 bits per heavy atom. The predicted molar refractivity (Wildman–Crippen MR) is 114 cm³/mol. The molecule has 1 saturated heterocycles. The van der Waals surface area contributed by atoms with Crippen molar-refractivity contribution in [3.63, 3.8) is 0 Å². The van der Waals surface area contributed by atoms with Crippen LogP contribution in [0.3, 0.4) is 0 Å². The molecule has 0 saturated carbocycles. The van der Waals surface area contributed by atoms with Gasteiger partial charge in [-0.1, -0.05) is 6.92 Å². The van der Waals surface area contributed by atoms with E-state index in [-0.39, 0.29) is 36.6 Å². The van der Waals surface area contributed by atoms with Crippen LogP contribution in [0.2, 0.25) is 0 Å². The Bertz CT molecular complexity index is 740. The molecule has 154 valence electrons. The summed E-state index contributed by atoms with van der Waals surface area (Å²) >= 11 is 0. The number of halogens is 2. The molecule has 1 atom stereocenters. The second-order valence-corrected chi connectivity index (χ2v) is 6.43. The van der Waals surface area contributed by atoms with E-state index in [2.05, 4.69) is 15.6 Å². The van der Waals surface area contributed by atoms with Gasteiger partial charge in [-0.2, -0.15) is 0 Å². The van der Waals surface area contributed by atoms with Crippen LogP contribution in [0.1, 0.15) is 19.4 Å². The Morgan fingerprint density at radius 2 is 1.89 bits per heavy atom. The maximum absolute atomic E-state index is 12.2. The number of benzene rings is 1.